The average molecular weight is 338 g/mol. The number of benzene rings is 1. The van der Waals surface area contributed by atoms with Crippen molar-refractivity contribution in [2.24, 2.45) is 10.9 Å². The summed E-state index contributed by atoms with van der Waals surface area (Å²) in [5.41, 5.74) is 0.0394. The van der Waals surface area contributed by atoms with Crippen LogP contribution in [-0.2, 0) is 9.84 Å². The molecule has 7 heteroatoms. The SMILES string of the molecule is O=C(O)c1ccc(S(=O)(=O)C2=CC3N=CC(Cl)C3C=C2)cc1. The summed E-state index contributed by atoms with van der Waals surface area (Å²) in [5.74, 6) is -1.12. The predicted octanol–water partition coefficient (Wildman–Crippen LogP) is 2.29. The monoisotopic (exact) mass is 337 g/mol. The zero-order valence-electron chi connectivity index (χ0n) is 11.3. The van der Waals surface area contributed by atoms with Gasteiger partial charge in [0, 0.05) is 12.1 Å². The molecule has 2 aliphatic rings. The molecule has 114 valence electrons. The highest BCUT2D eigenvalue weighted by Gasteiger charge is 2.33. The quantitative estimate of drug-likeness (QED) is 0.858. The molecule has 3 rings (SSSR count). The van der Waals surface area contributed by atoms with Crippen molar-refractivity contribution in [2.45, 2.75) is 16.3 Å². The molecule has 0 aromatic heterocycles. The van der Waals surface area contributed by atoms with Gasteiger partial charge in [-0.25, -0.2) is 13.2 Å². The number of hydrogen-bond donors (Lipinski definition) is 1. The molecule has 1 aliphatic heterocycles. The van der Waals surface area contributed by atoms with Gasteiger partial charge in [-0.05, 0) is 36.4 Å². The summed E-state index contributed by atoms with van der Waals surface area (Å²) in [5, 5.41) is 8.63. The summed E-state index contributed by atoms with van der Waals surface area (Å²) >= 11 is 6.08. The molecule has 0 spiro atoms. The third-order valence-electron chi connectivity index (χ3n) is 3.70. The maximum absolute atomic E-state index is 12.6. The van der Waals surface area contributed by atoms with E-state index in [1.54, 1.807) is 18.4 Å². The average Bonchev–Trinajstić information content (AvgIpc) is 2.88. The van der Waals surface area contributed by atoms with Crippen molar-refractivity contribution in [3.05, 3.63) is 53.0 Å². The van der Waals surface area contributed by atoms with Gasteiger partial charge in [0.1, 0.15) is 0 Å². The van der Waals surface area contributed by atoms with Crippen molar-refractivity contribution in [3.8, 4) is 0 Å². The lowest BCUT2D eigenvalue weighted by atomic mass is 9.95. The van der Waals surface area contributed by atoms with Crippen LogP contribution in [0.1, 0.15) is 10.4 Å². The third-order valence-corrected chi connectivity index (χ3v) is 5.89. The molecule has 0 bridgehead atoms. The Kier molecular flexibility index (Phi) is 3.66. The molecule has 22 heavy (non-hydrogen) atoms. The maximum Gasteiger partial charge on any atom is 0.335 e. The van der Waals surface area contributed by atoms with Gasteiger partial charge in [0.15, 0.2) is 0 Å². The van der Waals surface area contributed by atoms with E-state index in [0.717, 1.165) is 0 Å². The lowest BCUT2D eigenvalue weighted by Gasteiger charge is -2.19. The molecule has 0 saturated heterocycles. The number of rotatable bonds is 3. The van der Waals surface area contributed by atoms with Crippen LogP contribution in [0.15, 0.2) is 57.3 Å². The third kappa shape index (κ3) is 2.48. The number of halogens is 1. The lowest BCUT2D eigenvalue weighted by Crippen LogP contribution is -2.22. The van der Waals surface area contributed by atoms with E-state index in [2.05, 4.69) is 4.99 Å². The summed E-state index contributed by atoms with van der Waals surface area (Å²) < 4.78 is 25.2. The fourth-order valence-electron chi connectivity index (χ4n) is 2.46. The zero-order valence-corrected chi connectivity index (χ0v) is 12.8. The Morgan fingerprint density at radius 1 is 1.23 bits per heavy atom. The summed E-state index contributed by atoms with van der Waals surface area (Å²) in [6.07, 6.45) is 6.50. The second-order valence-corrected chi connectivity index (χ2v) is 7.53. The van der Waals surface area contributed by atoms with Gasteiger partial charge in [0.2, 0.25) is 9.84 Å². The first kappa shape index (κ1) is 15.0. The minimum Gasteiger partial charge on any atom is -0.478 e. The Morgan fingerprint density at radius 3 is 2.55 bits per heavy atom. The number of carbonyl (C=O) groups is 1. The Labute approximate surface area is 132 Å². The highest BCUT2D eigenvalue weighted by Crippen LogP contribution is 2.33. The molecule has 0 fully saturated rings. The van der Waals surface area contributed by atoms with Crippen LogP contribution in [0.2, 0.25) is 0 Å². The number of aliphatic imine (C=N–C) groups is 1. The summed E-state index contributed by atoms with van der Waals surface area (Å²) in [6.45, 7) is 0. The number of sulfone groups is 1. The van der Waals surface area contributed by atoms with E-state index in [0.29, 0.717) is 0 Å². The smallest absolute Gasteiger partial charge is 0.335 e. The highest BCUT2D eigenvalue weighted by atomic mass is 35.5. The van der Waals surface area contributed by atoms with E-state index in [4.69, 9.17) is 16.7 Å². The van der Waals surface area contributed by atoms with Crippen molar-refractivity contribution in [1.82, 2.24) is 0 Å². The van der Waals surface area contributed by atoms with Crippen LogP contribution in [0, 0.1) is 5.92 Å². The number of hydrogen-bond acceptors (Lipinski definition) is 4. The first-order valence-corrected chi connectivity index (χ1v) is 8.47. The van der Waals surface area contributed by atoms with Crippen molar-refractivity contribution >= 4 is 33.6 Å². The van der Waals surface area contributed by atoms with Gasteiger partial charge in [0.25, 0.3) is 0 Å². The molecule has 1 heterocycles. The van der Waals surface area contributed by atoms with Gasteiger partial charge in [-0.1, -0.05) is 6.08 Å². The van der Waals surface area contributed by atoms with Crippen LogP contribution < -0.4 is 0 Å². The number of aromatic carboxylic acids is 1. The number of alkyl halides is 1. The van der Waals surface area contributed by atoms with Crippen LogP contribution in [0.25, 0.3) is 0 Å². The first-order valence-electron chi connectivity index (χ1n) is 6.55. The van der Waals surface area contributed by atoms with Crippen LogP contribution in [0.4, 0.5) is 0 Å². The number of nitrogens with zero attached hydrogens (tertiary/aromatic N) is 1. The Morgan fingerprint density at radius 2 is 1.91 bits per heavy atom. The Balaban J connectivity index is 1.94. The van der Waals surface area contributed by atoms with Crippen molar-refractivity contribution in [1.29, 1.82) is 0 Å². The van der Waals surface area contributed by atoms with E-state index < -0.39 is 15.8 Å². The highest BCUT2D eigenvalue weighted by molar-refractivity contribution is 7.95. The van der Waals surface area contributed by atoms with E-state index in [1.165, 1.54) is 30.3 Å². The molecule has 1 aromatic carbocycles. The summed E-state index contributed by atoms with van der Waals surface area (Å²) in [7, 11) is -3.70. The van der Waals surface area contributed by atoms with Crippen LogP contribution >= 0.6 is 11.6 Å². The minimum absolute atomic E-state index is 0.0185. The van der Waals surface area contributed by atoms with Crippen LogP contribution in [0.5, 0.6) is 0 Å². The minimum atomic E-state index is -3.70. The molecule has 1 aliphatic carbocycles. The Hall–Kier alpha value is -1.92. The van der Waals surface area contributed by atoms with Gasteiger partial charge in [0.05, 0.1) is 26.8 Å². The van der Waals surface area contributed by atoms with Crippen LogP contribution in [-0.4, -0.2) is 37.1 Å². The lowest BCUT2D eigenvalue weighted by molar-refractivity contribution is 0.0697. The van der Waals surface area contributed by atoms with Gasteiger partial charge in [-0.3, -0.25) is 4.99 Å². The molecule has 0 amide bonds. The summed E-state index contributed by atoms with van der Waals surface area (Å²) in [6, 6.07) is 4.86. The van der Waals surface area contributed by atoms with E-state index >= 15 is 0 Å². The number of allylic oxidation sites excluding steroid dienone is 1. The Bertz CT molecular complexity index is 808. The largest absolute Gasteiger partial charge is 0.478 e. The number of carboxylic acids is 1. The molecule has 1 aromatic rings. The number of fused-ring (bicyclic) bond motifs is 1. The topological polar surface area (TPSA) is 83.8 Å². The van der Waals surface area contributed by atoms with Crippen molar-refractivity contribution < 1.29 is 18.3 Å². The molecule has 3 unspecified atom stereocenters. The normalized spacial score (nSPS) is 26.6. The fourth-order valence-corrected chi connectivity index (χ4v) is 4.11. The predicted molar refractivity (Wildman–Crippen MR) is 83.2 cm³/mol. The fraction of sp³-hybridized carbons (Fsp3) is 0.200. The standard InChI is InChI=1S/C15H12ClNO4S/c16-13-8-17-14-7-11(5-6-12(13)14)22(20,21)10-3-1-9(2-4-10)15(18)19/h1-8,12-14H,(H,18,19). The number of carboxylic acid groups (broad SMARTS) is 1. The second-order valence-electron chi connectivity index (χ2n) is 5.07. The van der Waals surface area contributed by atoms with E-state index in [-0.39, 0.29) is 32.7 Å². The van der Waals surface area contributed by atoms with Gasteiger partial charge >= 0.3 is 5.97 Å². The summed E-state index contributed by atoms with van der Waals surface area (Å²) in [4.78, 5) is 15.2. The molecular formula is C15H12ClNO4S. The van der Waals surface area contributed by atoms with Crippen molar-refractivity contribution in [2.75, 3.05) is 0 Å². The van der Waals surface area contributed by atoms with Crippen LogP contribution in [0.3, 0.4) is 0 Å². The molecule has 5 nitrogen and oxygen atoms in total. The van der Waals surface area contributed by atoms with Gasteiger partial charge < -0.3 is 5.11 Å². The molecule has 0 saturated carbocycles. The van der Waals surface area contributed by atoms with Crippen molar-refractivity contribution in [3.63, 3.8) is 0 Å². The van der Waals surface area contributed by atoms with E-state index in [1.807, 2.05) is 0 Å². The maximum atomic E-state index is 12.6. The van der Waals surface area contributed by atoms with Gasteiger partial charge in [-0.15, -0.1) is 11.6 Å². The molecule has 0 radical (unpaired) electrons. The molecular weight excluding hydrogens is 326 g/mol. The first-order chi connectivity index (χ1) is 10.4. The van der Waals surface area contributed by atoms with E-state index in [9.17, 15) is 13.2 Å². The molecule has 3 atom stereocenters. The second kappa shape index (κ2) is 5.37. The van der Waals surface area contributed by atoms with Gasteiger partial charge in [-0.2, -0.15) is 0 Å². The molecule has 1 N–H and O–H groups in total. The zero-order chi connectivity index (χ0) is 15.9.